The predicted molar refractivity (Wildman–Crippen MR) is 95.3 cm³/mol. The van der Waals surface area contributed by atoms with Crippen molar-refractivity contribution in [3.8, 4) is 0 Å². The number of aromatic nitrogens is 4. The molecule has 0 bridgehead atoms. The van der Waals surface area contributed by atoms with Crippen LogP contribution in [0.25, 0.3) is 0 Å². The summed E-state index contributed by atoms with van der Waals surface area (Å²) in [6.07, 6.45) is 2.26. The highest BCUT2D eigenvalue weighted by atomic mass is 32.2. The van der Waals surface area contributed by atoms with Gasteiger partial charge in [-0.15, -0.1) is 0 Å². The van der Waals surface area contributed by atoms with Gasteiger partial charge in [0.2, 0.25) is 15.9 Å². The Morgan fingerprint density at radius 1 is 1.42 bits per heavy atom. The number of hydrogen-bond donors (Lipinski definition) is 2. The van der Waals surface area contributed by atoms with Crippen LogP contribution in [0.4, 0.5) is 0 Å². The number of nitrogens with zero attached hydrogens (tertiary/aromatic N) is 4. The molecular formula is C16H26N6O3S. The van der Waals surface area contributed by atoms with E-state index in [0.717, 1.165) is 12.8 Å². The maximum atomic E-state index is 13.0. The molecule has 10 heteroatoms. The zero-order valence-corrected chi connectivity index (χ0v) is 16.4. The van der Waals surface area contributed by atoms with E-state index in [1.165, 1.54) is 4.31 Å². The van der Waals surface area contributed by atoms with Gasteiger partial charge in [-0.1, -0.05) is 5.16 Å². The van der Waals surface area contributed by atoms with Crippen molar-refractivity contribution in [2.24, 2.45) is 0 Å². The molecule has 3 rings (SSSR count). The first-order valence-corrected chi connectivity index (χ1v) is 10.3. The summed E-state index contributed by atoms with van der Waals surface area (Å²) in [6.45, 7) is 6.30. The monoisotopic (exact) mass is 382 g/mol. The highest BCUT2D eigenvalue weighted by Gasteiger charge is 2.35. The molecule has 144 valence electrons. The van der Waals surface area contributed by atoms with Gasteiger partial charge in [0, 0.05) is 25.6 Å². The first-order chi connectivity index (χ1) is 12.3. The number of hydrogen-bond acceptors (Lipinski definition) is 7. The number of piperidine rings is 1. The third-order valence-corrected chi connectivity index (χ3v) is 6.99. The van der Waals surface area contributed by atoms with Gasteiger partial charge >= 0.3 is 0 Å². The number of likely N-dealkylation sites (N-methyl/N-ethyl adjacent to an activating group) is 1. The lowest BCUT2D eigenvalue weighted by molar-refractivity contribution is 0.265. The average molecular weight is 382 g/mol. The summed E-state index contributed by atoms with van der Waals surface area (Å²) < 4.78 is 33.0. The minimum absolute atomic E-state index is 0.0859. The van der Waals surface area contributed by atoms with E-state index in [1.807, 2.05) is 14.0 Å². The maximum absolute atomic E-state index is 13.0. The van der Waals surface area contributed by atoms with Crippen LogP contribution in [-0.4, -0.2) is 59.2 Å². The number of aromatic amines is 1. The summed E-state index contributed by atoms with van der Waals surface area (Å²) in [7, 11) is -1.71. The summed E-state index contributed by atoms with van der Waals surface area (Å²) in [5.41, 5.74) is 1.05. The number of rotatable bonds is 6. The Labute approximate surface area is 153 Å². The Bertz CT molecular complexity index is 840. The Morgan fingerprint density at radius 3 is 2.85 bits per heavy atom. The molecule has 1 aliphatic heterocycles. The van der Waals surface area contributed by atoms with Crippen LogP contribution in [0.15, 0.2) is 9.42 Å². The highest BCUT2D eigenvalue weighted by Crippen LogP contribution is 2.31. The molecule has 2 N–H and O–H groups in total. The van der Waals surface area contributed by atoms with Gasteiger partial charge in [-0.05, 0) is 40.7 Å². The van der Waals surface area contributed by atoms with Crippen LogP contribution in [-0.2, 0) is 16.4 Å². The van der Waals surface area contributed by atoms with Crippen molar-refractivity contribution < 1.29 is 12.9 Å². The summed E-state index contributed by atoms with van der Waals surface area (Å²) in [5, 5.41) is 13.9. The SMILES string of the molecule is CNC(C)Cc1noc(C2CCCN(S(=O)(=O)c3c(C)n[nH]c3C)C2)n1. The molecule has 0 radical (unpaired) electrons. The molecule has 2 unspecified atom stereocenters. The van der Waals surface area contributed by atoms with E-state index < -0.39 is 10.0 Å². The smallest absolute Gasteiger partial charge is 0.246 e. The largest absolute Gasteiger partial charge is 0.339 e. The lowest BCUT2D eigenvalue weighted by Gasteiger charge is -2.30. The topological polar surface area (TPSA) is 117 Å². The van der Waals surface area contributed by atoms with Crippen LogP contribution in [0.3, 0.4) is 0 Å². The molecule has 1 fully saturated rings. The van der Waals surface area contributed by atoms with Gasteiger partial charge < -0.3 is 9.84 Å². The Morgan fingerprint density at radius 2 is 2.19 bits per heavy atom. The van der Waals surface area contributed by atoms with Gasteiger partial charge in [0.25, 0.3) is 0 Å². The molecule has 0 aromatic carbocycles. The van der Waals surface area contributed by atoms with Crippen molar-refractivity contribution in [3.05, 3.63) is 23.1 Å². The molecule has 0 aliphatic carbocycles. The summed E-state index contributed by atoms with van der Waals surface area (Å²) >= 11 is 0. The fourth-order valence-electron chi connectivity index (χ4n) is 3.30. The molecule has 1 aliphatic rings. The first kappa shape index (κ1) is 19.0. The minimum Gasteiger partial charge on any atom is -0.339 e. The Hall–Kier alpha value is -1.78. The van der Waals surface area contributed by atoms with E-state index in [1.54, 1.807) is 13.8 Å². The minimum atomic E-state index is -3.60. The van der Waals surface area contributed by atoms with Crippen molar-refractivity contribution in [1.29, 1.82) is 0 Å². The second-order valence-electron chi connectivity index (χ2n) is 6.91. The summed E-state index contributed by atoms with van der Waals surface area (Å²) in [5.74, 6) is 1.07. The number of sulfonamides is 1. The Balaban J connectivity index is 1.77. The van der Waals surface area contributed by atoms with E-state index in [2.05, 4.69) is 25.7 Å². The van der Waals surface area contributed by atoms with Crippen molar-refractivity contribution in [2.75, 3.05) is 20.1 Å². The molecule has 2 atom stereocenters. The van der Waals surface area contributed by atoms with Crippen LogP contribution < -0.4 is 5.32 Å². The van der Waals surface area contributed by atoms with Crippen LogP contribution >= 0.6 is 0 Å². The van der Waals surface area contributed by atoms with Gasteiger partial charge in [-0.25, -0.2) is 8.42 Å². The van der Waals surface area contributed by atoms with Crippen molar-refractivity contribution in [3.63, 3.8) is 0 Å². The fraction of sp³-hybridized carbons (Fsp3) is 0.688. The Kier molecular flexibility index (Phi) is 5.44. The lowest BCUT2D eigenvalue weighted by Crippen LogP contribution is -2.39. The average Bonchev–Trinajstić information content (AvgIpc) is 3.21. The van der Waals surface area contributed by atoms with Crippen molar-refractivity contribution in [2.45, 2.75) is 56.9 Å². The summed E-state index contributed by atoms with van der Waals surface area (Å²) in [4.78, 5) is 4.75. The molecule has 2 aromatic heterocycles. The van der Waals surface area contributed by atoms with Gasteiger partial charge in [0.15, 0.2) is 5.82 Å². The number of H-pyrrole nitrogens is 1. The summed E-state index contributed by atoms with van der Waals surface area (Å²) in [6, 6.07) is 0.246. The second kappa shape index (κ2) is 7.45. The third-order valence-electron chi connectivity index (χ3n) is 4.86. The van der Waals surface area contributed by atoms with Gasteiger partial charge in [0.1, 0.15) is 4.90 Å². The van der Waals surface area contributed by atoms with Gasteiger partial charge in [-0.3, -0.25) is 5.10 Å². The molecule has 3 heterocycles. The van der Waals surface area contributed by atoms with E-state index in [0.29, 0.717) is 42.6 Å². The van der Waals surface area contributed by atoms with Crippen LogP contribution in [0.2, 0.25) is 0 Å². The zero-order chi connectivity index (χ0) is 18.9. The van der Waals surface area contributed by atoms with Crippen molar-refractivity contribution >= 4 is 10.0 Å². The third kappa shape index (κ3) is 3.67. The number of nitrogens with one attached hydrogen (secondary N) is 2. The molecule has 0 spiro atoms. The maximum Gasteiger partial charge on any atom is 0.246 e. The van der Waals surface area contributed by atoms with Gasteiger partial charge in [-0.2, -0.15) is 14.4 Å². The predicted octanol–water partition coefficient (Wildman–Crippen LogP) is 1.13. The lowest BCUT2D eigenvalue weighted by atomic mass is 10.00. The normalized spacial score (nSPS) is 20.4. The quantitative estimate of drug-likeness (QED) is 0.769. The molecule has 0 amide bonds. The highest BCUT2D eigenvalue weighted by molar-refractivity contribution is 7.89. The second-order valence-corrected chi connectivity index (χ2v) is 8.78. The van der Waals surface area contributed by atoms with Crippen LogP contribution in [0.5, 0.6) is 0 Å². The molecule has 9 nitrogen and oxygen atoms in total. The standard InChI is InChI=1S/C16H26N6O3S/c1-10(17-4)8-14-18-16(25-21-14)13-6-5-7-22(9-13)26(23,24)15-11(2)19-20-12(15)3/h10,13,17H,5-9H2,1-4H3,(H,19,20). The fourth-order valence-corrected chi connectivity index (χ4v) is 5.16. The first-order valence-electron chi connectivity index (χ1n) is 8.84. The van der Waals surface area contributed by atoms with Crippen LogP contribution in [0, 0.1) is 13.8 Å². The molecule has 26 heavy (non-hydrogen) atoms. The van der Waals surface area contributed by atoms with E-state index >= 15 is 0 Å². The molecule has 1 saturated heterocycles. The molecule has 2 aromatic rings. The van der Waals surface area contributed by atoms with Crippen LogP contribution in [0.1, 0.15) is 48.8 Å². The van der Waals surface area contributed by atoms with E-state index in [9.17, 15) is 8.42 Å². The zero-order valence-electron chi connectivity index (χ0n) is 15.6. The van der Waals surface area contributed by atoms with E-state index in [-0.39, 0.29) is 16.9 Å². The molecule has 0 saturated carbocycles. The van der Waals surface area contributed by atoms with E-state index in [4.69, 9.17) is 4.52 Å². The molecular weight excluding hydrogens is 356 g/mol. The van der Waals surface area contributed by atoms with Gasteiger partial charge in [0.05, 0.1) is 17.3 Å². The number of aryl methyl sites for hydroxylation is 2. The van der Waals surface area contributed by atoms with Crippen molar-refractivity contribution in [1.82, 2.24) is 30.0 Å².